The summed E-state index contributed by atoms with van der Waals surface area (Å²) >= 11 is 0. The maximum atomic E-state index is 15.2. The summed E-state index contributed by atoms with van der Waals surface area (Å²) in [6.45, 7) is 2.70. The minimum atomic E-state index is -0.542. The number of methoxy groups -OCH3 is 1. The second-order valence-electron chi connectivity index (χ2n) is 9.14. The van der Waals surface area contributed by atoms with Crippen molar-refractivity contribution in [2.75, 3.05) is 20.2 Å². The zero-order valence-electron chi connectivity index (χ0n) is 18.9. The molecule has 0 aromatic heterocycles. The van der Waals surface area contributed by atoms with Crippen molar-refractivity contribution in [3.05, 3.63) is 101 Å². The van der Waals surface area contributed by atoms with Crippen LogP contribution in [-0.2, 0) is 6.54 Å². The quantitative estimate of drug-likeness (QED) is 0.527. The third-order valence-electron chi connectivity index (χ3n) is 7.39. The van der Waals surface area contributed by atoms with Crippen LogP contribution >= 0.6 is 0 Å². The summed E-state index contributed by atoms with van der Waals surface area (Å²) in [5.74, 6) is 0.177. The lowest BCUT2D eigenvalue weighted by Crippen LogP contribution is -2.64. The highest BCUT2D eigenvalue weighted by Gasteiger charge is 2.46. The van der Waals surface area contributed by atoms with Crippen LogP contribution < -0.4 is 10.1 Å². The number of ether oxygens (including phenoxy) is 1. The predicted molar refractivity (Wildman–Crippen MR) is 126 cm³/mol. The lowest BCUT2D eigenvalue weighted by atomic mass is 9.70. The minimum Gasteiger partial charge on any atom is -0.496 e. The van der Waals surface area contributed by atoms with Crippen LogP contribution in [0.25, 0.3) is 0 Å². The average Bonchev–Trinajstić information content (AvgIpc) is 2.86. The molecule has 172 valence electrons. The Hall–Kier alpha value is -2.76. The van der Waals surface area contributed by atoms with Gasteiger partial charge in [0.2, 0.25) is 0 Å². The topological polar surface area (TPSA) is 24.5 Å². The molecule has 0 aliphatic carbocycles. The Balaban J connectivity index is 1.53. The van der Waals surface area contributed by atoms with Gasteiger partial charge in [-0.05, 0) is 55.1 Å². The second-order valence-corrected chi connectivity index (χ2v) is 9.14. The normalized spacial score (nSPS) is 25.1. The van der Waals surface area contributed by atoms with Crippen LogP contribution in [0.3, 0.4) is 0 Å². The number of hydrogen-bond acceptors (Lipinski definition) is 3. The van der Waals surface area contributed by atoms with Crippen molar-refractivity contribution in [1.82, 2.24) is 10.2 Å². The van der Waals surface area contributed by atoms with E-state index in [0.29, 0.717) is 18.0 Å². The first-order valence-electron chi connectivity index (χ1n) is 11.7. The van der Waals surface area contributed by atoms with Crippen LogP contribution in [0.5, 0.6) is 5.75 Å². The van der Waals surface area contributed by atoms with Crippen molar-refractivity contribution in [2.24, 2.45) is 5.92 Å². The monoisotopic (exact) mass is 448 g/mol. The second kappa shape index (κ2) is 9.62. The van der Waals surface area contributed by atoms with Crippen molar-refractivity contribution >= 4 is 0 Å². The first-order chi connectivity index (χ1) is 16.2. The van der Waals surface area contributed by atoms with Gasteiger partial charge in [0.1, 0.15) is 17.4 Å². The molecule has 1 unspecified atom stereocenters. The van der Waals surface area contributed by atoms with Gasteiger partial charge in [-0.2, -0.15) is 0 Å². The lowest BCUT2D eigenvalue weighted by Gasteiger charge is -2.54. The Kier molecular flexibility index (Phi) is 6.43. The zero-order chi connectivity index (χ0) is 22.8. The largest absolute Gasteiger partial charge is 0.496 e. The Labute approximate surface area is 194 Å². The van der Waals surface area contributed by atoms with Crippen molar-refractivity contribution in [3.8, 4) is 5.75 Å². The van der Waals surface area contributed by atoms with Gasteiger partial charge in [-0.1, -0.05) is 54.6 Å². The van der Waals surface area contributed by atoms with Gasteiger partial charge in [0.25, 0.3) is 0 Å². The third kappa shape index (κ3) is 4.40. The van der Waals surface area contributed by atoms with E-state index in [-0.39, 0.29) is 18.0 Å². The highest BCUT2D eigenvalue weighted by molar-refractivity contribution is 5.38. The van der Waals surface area contributed by atoms with Crippen molar-refractivity contribution in [2.45, 2.75) is 37.4 Å². The number of fused-ring (bicyclic) bond motifs is 3. The summed E-state index contributed by atoms with van der Waals surface area (Å²) in [4.78, 5) is 2.50. The van der Waals surface area contributed by atoms with Crippen LogP contribution in [0.2, 0.25) is 0 Å². The molecular weight excluding hydrogens is 418 g/mol. The molecule has 3 aliphatic rings. The van der Waals surface area contributed by atoms with Gasteiger partial charge < -0.3 is 10.1 Å². The minimum absolute atomic E-state index is 0.0783. The first kappa shape index (κ1) is 22.1. The molecule has 3 aromatic carbocycles. The number of piperidine rings is 3. The molecule has 0 radical (unpaired) electrons. The van der Waals surface area contributed by atoms with E-state index in [4.69, 9.17) is 4.74 Å². The molecule has 0 saturated carbocycles. The van der Waals surface area contributed by atoms with Gasteiger partial charge in [0.05, 0.1) is 7.11 Å². The molecule has 3 heterocycles. The third-order valence-corrected chi connectivity index (χ3v) is 7.39. The standard InChI is InChI=1S/C28H30F2N2O/c1-33-25-10-6-5-9-21(25)18-31-27-20-13-15-32(16-14-20)28(27)26(19-7-3-2-4-8-19)23-12-11-22(29)17-24(23)30/h2-12,17,20,26-28,31H,13-16,18H2,1H3/t26?,27-,28+/m1/s1. The van der Waals surface area contributed by atoms with E-state index < -0.39 is 11.6 Å². The summed E-state index contributed by atoms with van der Waals surface area (Å²) < 4.78 is 34.5. The van der Waals surface area contributed by atoms with E-state index in [9.17, 15) is 4.39 Å². The summed E-state index contributed by atoms with van der Waals surface area (Å²) in [7, 11) is 1.69. The van der Waals surface area contributed by atoms with Gasteiger partial charge in [-0.3, -0.25) is 4.90 Å². The lowest BCUT2D eigenvalue weighted by molar-refractivity contribution is 0.00418. The average molecular weight is 449 g/mol. The summed E-state index contributed by atoms with van der Waals surface area (Å²) in [5, 5.41) is 3.83. The van der Waals surface area contributed by atoms with Crippen LogP contribution in [-0.4, -0.2) is 37.2 Å². The molecule has 1 N–H and O–H groups in total. The van der Waals surface area contributed by atoms with Crippen LogP contribution in [0.4, 0.5) is 8.78 Å². The fraction of sp³-hybridized carbons (Fsp3) is 0.357. The van der Waals surface area contributed by atoms with E-state index in [1.165, 1.54) is 6.07 Å². The molecule has 33 heavy (non-hydrogen) atoms. The molecule has 6 rings (SSSR count). The maximum Gasteiger partial charge on any atom is 0.129 e. The number of nitrogens with zero attached hydrogens (tertiary/aromatic N) is 1. The Morgan fingerprint density at radius 1 is 0.970 bits per heavy atom. The van der Waals surface area contributed by atoms with E-state index in [1.807, 2.05) is 36.4 Å². The fourth-order valence-electron chi connectivity index (χ4n) is 5.84. The summed E-state index contributed by atoms with van der Waals surface area (Å²) in [6, 6.07) is 22.4. The number of nitrogens with one attached hydrogen (secondary N) is 1. The molecule has 3 aromatic rings. The molecule has 3 aliphatic heterocycles. The zero-order valence-corrected chi connectivity index (χ0v) is 18.9. The molecule has 3 atom stereocenters. The van der Waals surface area contributed by atoms with E-state index in [2.05, 4.69) is 28.4 Å². The van der Waals surface area contributed by atoms with Crippen molar-refractivity contribution in [1.29, 1.82) is 0 Å². The SMILES string of the molecule is COc1ccccc1CN[C@@H]1C2CCN(CC2)[C@H]1C(c1ccccc1)c1ccc(F)cc1F. The molecule has 0 amide bonds. The fourth-order valence-corrected chi connectivity index (χ4v) is 5.84. The number of halogens is 2. The Morgan fingerprint density at radius 2 is 1.70 bits per heavy atom. The molecule has 3 fully saturated rings. The first-order valence-corrected chi connectivity index (χ1v) is 11.7. The van der Waals surface area contributed by atoms with Gasteiger partial charge in [-0.25, -0.2) is 8.78 Å². The molecule has 5 heteroatoms. The highest BCUT2D eigenvalue weighted by Crippen LogP contribution is 2.43. The van der Waals surface area contributed by atoms with Crippen molar-refractivity contribution in [3.63, 3.8) is 0 Å². The number of para-hydroxylation sites is 1. The Bertz CT molecular complexity index is 1080. The molecular formula is C28H30F2N2O. The number of rotatable bonds is 7. The van der Waals surface area contributed by atoms with E-state index in [0.717, 1.165) is 48.9 Å². The van der Waals surface area contributed by atoms with Gasteiger partial charge in [0.15, 0.2) is 0 Å². The molecule has 0 spiro atoms. The van der Waals surface area contributed by atoms with E-state index >= 15 is 4.39 Å². The smallest absolute Gasteiger partial charge is 0.129 e. The maximum absolute atomic E-state index is 15.2. The van der Waals surface area contributed by atoms with Crippen molar-refractivity contribution < 1.29 is 13.5 Å². The van der Waals surface area contributed by atoms with E-state index in [1.54, 1.807) is 13.2 Å². The summed E-state index contributed by atoms with van der Waals surface area (Å²) in [5.41, 5.74) is 2.73. The summed E-state index contributed by atoms with van der Waals surface area (Å²) in [6.07, 6.45) is 2.26. The number of benzene rings is 3. The number of hydrogen-bond donors (Lipinski definition) is 1. The van der Waals surface area contributed by atoms with Gasteiger partial charge in [0, 0.05) is 36.2 Å². The highest BCUT2D eigenvalue weighted by atomic mass is 19.1. The molecule has 3 saturated heterocycles. The Morgan fingerprint density at radius 3 is 2.42 bits per heavy atom. The van der Waals surface area contributed by atoms with Crippen LogP contribution in [0.1, 0.15) is 35.4 Å². The van der Waals surface area contributed by atoms with Gasteiger partial charge >= 0.3 is 0 Å². The van der Waals surface area contributed by atoms with Crippen LogP contribution in [0, 0.1) is 17.6 Å². The van der Waals surface area contributed by atoms with Crippen LogP contribution in [0.15, 0.2) is 72.8 Å². The molecule has 3 nitrogen and oxygen atoms in total. The predicted octanol–water partition coefficient (Wildman–Crippen LogP) is 5.36. The molecule has 2 bridgehead atoms. The van der Waals surface area contributed by atoms with Gasteiger partial charge in [-0.15, -0.1) is 0 Å².